The fourth-order valence-electron chi connectivity index (χ4n) is 11.4. The molecule has 10 fully saturated rings. The molecule has 0 radical (unpaired) electrons. The maximum Gasteiger partial charge on any atom is 0.342 e. The van der Waals surface area contributed by atoms with Gasteiger partial charge in [0, 0.05) is 24.7 Å². The molecule has 4 aliphatic carbocycles. The molecule has 10 rings (SSSR count). The molecule has 4 saturated carbocycles. The zero-order valence-electron chi connectivity index (χ0n) is 24.3. The minimum atomic E-state index is -1.47. The number of epoxide rings is 2. The van der Waals surface area contributed by atoms with Gasteiger partial charge in [0.2, 0.25) is 11.2 Å². The summed E-state index contributed by atoms with van der Waals surface area (Å²) in [4.78, 5) is 49.4. The summed E-state index contributed by atoms with van der Waals surface area (Å²) in [5.74, 6) is -4.37. The van der Waals surface area contributed by atoms with Crippen LogP contribution in [0.1, 0.15) is 47.5 Å². The van der Waals surface area contributed by atoms with Gasteiger partial charge in [-0.25, -0.2) is 9.59 Å². The minimum absolute atomic E-state index is 0.189. The van der Waals surface area contributed by atoms with E-state index < -0.39 is 111 Å². The van der Waals surface area contributed by atoms with Crippen molar-refractivity contribution in [3.63, 3.8) is 0 Å². The third-order valence-corrected chi connectivity index (χ3v) is 13.4. The topological polar surface area (TPSA) is 191 Å². The smallest absolute Gasteiger partial charge is 0.342 e. The summed E-state index contributed by atoms with van der Waals surface area (Å²) in [6, 6.07) is 0. The van der Waals surface area contributed by atoms with Crippen LogP contribution in [0.25, 0.3) is 0 Å². The van der Waals surface area contributed by atoms with Crippen molar-refractivity contribution in [2.24, 2.45) is 34.5 Å². The lowest BCUT2D eigenvalue weighted by Crippen LogP contribution is -2.68. The van der Waals surface area contributed by atoms with E-state index in [1.165, 1.54) is 0 Å². The Kier molecular flexibility index (Phi) is 4.24. The van der Waals surface area contributed by atoms with E-state index in [2.05, 4.69) is 6.58 Å². The van der Waals surface area contributed by atoms with E-state index >= 15 is 0 Å². The van der Waals surface area contributed by atoms with Crippen LogP contribution < -0.4 is 0 Å². The van der Waals surface area contributed by atoms with Gasteiger partial charge in [0.15, 0.2) is 12.2 Å². The van der Waals surface area contributed by atoms with Crippen molar-refractivity contribution >= 4 is 23.9 Å². The van der Waals surface area contributed by atoms with Crippen molar-refractivity contribution in [3.8, 4) is 0 Å². The summed E-state index contributed by atoms with van der Waals surface area (Å²) in [5, 5.41) is 33.3. The van der Waals surface area contributed by atoms with Crippen LogP contribution in [0.3, 0.4) is 0 Å². The monoisotopic (exact) mass is 602 g/mol. The van der Waals surface area contributed by atoms with Crippen LogP contribution in [0.2, 0.25) is 0 Å². The maximum absolute atomic E-state index is 12.4. The highest BCUT2D eigenvalue weighted by Crippen LogP contribution is 2.78. The van der Waals surface area contributed by atoms with Crippen molar-refractivity contribution in [2.75, 3.05) is 0 Å². The zero-order chi connectivity index (χ0) is 30.8. The van der Waals surface area contributed by atoms with Crippen LogP contribution in [0.4, 0.5) is 0 Å². The molecule has 13 heteroatoms. The van der Waals surface area contributed by atoms with Crippen LogP contribution in [0.15, 0.2) is 12.2 Å². The molecular weight excluding hydrogens is 568 g/mol. The molecule has 6 saturated heterocycles. The highest BCUT2D eigenvalue weighted by atomic mass is 16.7. The lowest BCUT2D eigenvalue weighted by Gasteiger charge is -2.53. The van der Waals surface area contributed by atoms with Gasteiger partial charge in [0.05, 0.1) is 39.5 Å². The largest absolute Gasteiger partial charge is 0.458 e. The molecule has 10 aliphatic rings. The quantitative estimate of drug-likeness (QED) is 0.152. The maximum atomic E-state index is 12.4. The number of fused-ring (bicyclic) bond motifs is 8. The first-order valence-electron chi connectivity index (χ1n) is 14.9. The average molecular weight is 603 g/mol. The third kappa shape index (κ3) is 2.29. The van der Waals surface area contributed by atoms with Gasteiger partial charge in [-0.05, 0) is 34.6 Å². The van der Waals surface area contributed by atoms with Gasteiger partial charge in [-0.3, -0.25) is 9.59 Å². The zero-order valence-corrected chi connectivity index (χ0v) is 24.3. The predicted octanol–water partition coefficient (Wildman–Crippen LogP) is -0.929. The van der Waals surface area contributed by atoms with Crippen molar-refractivity contribution in [1.29, 1.82) is 0 Å². The summed E-state index contributed by atoms with van der Waals surface area (Å²) in [6.45, 7) is 12.5. The Morgan fingerprint density at radius 1 is 0.791 bits per heavy atom. The highest BCUT2D eigenvalue weighted by Gasteiger charge is 2.97. The van der Waals surface area contributed by atoms with Crippen LogP contribution in [0.5, 0.6) is 0 Å². The first kappa shape index (κ1) is 26.8. The Morgan fingerprint density at radius 2 is 1.23 bits per heavy atom. The number of rotatable bonds is 2. The van der Waals surface area contributed by atoms with E-state index in [0.29, 0.717) is 0 Å². The van der Waals surface area contributed by atoms with Gasteiger partial charge in [0.1, 0.15) is 24.4 Å². The molecular formula is C30H34O13. The SMILES string of the molecule is C=C(C)[C@@H]1[C@H]2OC(=O)[C@@H]1[C@@]1(O)C[C@H]3O[C@]34C(=O)O[C@H]2[C@]41C.CC(C)(O)[C@@H]1[C@H]2OC(=O)[C@@H]1[C@@]1(O)C[C@H]3O[C@]34C(=O)O[C@H]2[C@]41C. The average Bonchev–Trinajstić information content (AvgIpc) is 3.58. The van der Waals surface area contributed by atoms with Crippen molar-refractivity contribution in [3.05, 3.63) is 12.2 Å². The van der Waals surface area contributed by atoms with E-state index in [4.69, 9.17) is 28.4 Å². The Hall–Kier alpha value is -2.58. The normalized spacial score (nSPS) is 61.3. The third-order valence-electron chi connectivity index (χ3n) is 13.4. The highest BCUT2D eigenvalue weighted by molar-refractivity contribution is 5.92. The van der Waals surface area contributed by atoms with Gasteiger partial charge >= 0.3 is 23.9 Å². The van der Waals surface area contributed by atoms with Crippen molar-refractivity contribution in [1.82, 2.24) is 0 Å². The fourth-order valence-corrected chi connectivity index (χ4v) is 11.4. The summed E-state index contributed by atoms with van der Waals surface area (Å²) in [6.07, 6.45) is -3.12. The van der Waals surface area contributed by atoms with Crippen LogP contribution in [0, 0.1) is 34.5 Å². The second-order valence-electron chi connectivity index (χ2n) is 15.3. The molecule has 0 aromatic heterocycles. The van der Waals surface area contributed by atoms with Crippen LogP contribution >= 0.6 is 0 Å². The summed E-state index contributed by atoms with van der Waals surface area (Å²) < 4.78 is 33.2. The summed E-state index contributed by atoms with van der Waals surface area (Å²) >= 11 is 0. The Morgan fingerprint density at radius 3 is 1.72 bits per heavy atom. The standard InChI is InChI=1S/C15H18O7.C15H16O6/c1-12(2,18)6-7-10(16)20-8(6)9-13(3)14(7,19)4-5-15(13,22-5)11(17)21-9;1-5(2)7-8-11(16)19-9(7)10-13(3)14(8,18)4-6-15(13,21-6)12(17)20-10/h5-9,18-19H,4H2,1-3H3;6-10,18H,1,4H2,2-3H3/t5-,6+,7-,8-,9-,13+,14+,15+;6-,7+,8-,9-,10-,13+,14+,15+/m11/s1. The predicted molar refractivity (Wildman–Crippen MR) is 135 cm³/mol. The molecule has 43 heavy (non-hydrogen) atoms. The lowest BCUT2D eigenvalue weighted by atomic mass is 9.52. The Labute approximate surface area is 245 Å². The van der Waals surface area contributed by atoms with Crippen molar-refractivity contribution < 1.29 is 62.9 Å². The molecule has 0 unspecified atom stereocenters. The summed E-state index contributed by atoms with van der Waals surface area (Å²) in [5.41, 5.74) is -7.49. The second-order valence-corrected chi connectivity index (χ2v) is 15.3. The number of aliphatic hydroxyl groups is 3. The molecule has 232 valence electrons. The molecule has 13 nitrogen and oxygen atoms in total. The van der Waals surface area contributed by atoms with Gasteiger partial charge in [-0.15, -0.1) is 0 Å². The van der Waals surface area contributed by atoms with Crippen molar-refractivity contribution in [2.45, 2.75) is 112 Å². The first-order valence-corrected chi connectivity index (χ1v) is 14.9. The first-order chi connectivity index (χ1) is 19.9. The lowest BCUT2D eigenvalue weighted by molar-refractivity contribution is -0.223. The van der Waals surface area contributed by atoms with Gasteiger partial charge in [-0.2, -0.15) is 0 Å². The van der Waals surface area contributed by atoms with Gasteiger partial charge < -0.3 is 43.7 Å². The van der Waals surface area contributed by atoms with E-state index in [9.17, 15) is 34.5 Å². The minimum Gasteiger partial charge on any atom is -0.458 e. The Balaban J connectivity index is 0.000000121. The number of hydrogen-bond acceptors (Lipinski definition) is 13. The number of hydrogen-bond donors (Lipinski definition) is 3. The van der Waals surface area contributed by atoms with Crippen LogP contribution in [-0.4, -0.2) is 104 Å². The summed E-state index contributed by atoms with van der Waals surface area (Å²) in [7, 11) is 0. The van der Waals surface area contributed by atoms with Crippen LogP contribution in [-0.2, 0) is 47.6 Å². The number of carbonyl (C=O) groups is 4. The fraction of sp³-hybridized carbons (Fsp3) is 0.800. The molecule has 6 aliphatic heterocycles. The van der Waals surface area contributed by atoms with E-state index in [0.717, 1.165) is 5.57 Å². The number of ether oxygens (including phenoxy) is 6. The van der Waals surface area contributed by atoms with Gasteiger partial charge in [-0.1, -0.05) is 12.2 Å². The molecule has 0 aromatic rings. The number of carbonyl (C=O) groups excluding carboxylic acids is 4. The van der Waals surface area contributed by atoms with E-state index in [1.54, 1.807) is 27.7 Å². The molecule has 6 heterocycles. The molecule has 2 spiro atoms. The second kappa shape index (κ2) is 6.81. The van der Waals surface area contributed by atoms with Gasteiger partial charge in [0.25, 0.3) is 0 Å². The molecule has 16 atom stereocenters. The Bertz CT molecular complexity index is 1500. The number of esters is 4. The van der Waals surface area contributed by atoms with E-state index in [-0.39, 0.29) is 24.9 Å². The molecule has 3 N–H and O–H groups in total. The molecule has 0 amide bonds. The van der Waals surface area contributed by atoms with E-state index in [1.807, 2.05) is 6.92 Å². The molecule has 4 bridgehead atoms. The molecule has 0 aromatic carbocycles.